The molecule has 1 aliphatic heterocycles. The van der Waals surface area contributed by atoms with Gasteiger partial charge in [0.25, 0.3) is 0 Å². The van der Waals surface area contributed by atoms with Crippen LogP contribution in [0.1, 0.15) is 24.2 Å². The molecule has 0 aromatic heterocycles. The Morgan fingerprint density at radius 3 is 2.44 bits per heavy atom. The predicted molar refractivity (Wildman–Crippen MR) is 67.7 cm³/mol. The van der Waals surface area contributed by atoms with E-state index in [-0.39, 0.29) is 5.56 Å². The third kappa shape index (κ3) is 3.70. The summed E-state index contributed by atoms with van der Waals surface area (Å²) in [4.78, 5) is 12.7. The highest BCUT2D eigenvalue weighted by Crippen LogP contribution is 2.19. The average molecular weight is 255 g/mol. The number of halogens is 1. The molecular formula is C13H18FNO3. The van der Waals surface area contributed by atoms with Gasteiger partial charge in [-0.15, -0.1) is 0 Å². The van der Waals surface area contributed by atoms with E-state index >= 15 is 0 Å². The largest absolute Gasteiger partial charge is 0.478 e. The zero-order valence-corrected chi connectivity index (χ0v) is 10.6. The monoisotopic (exact) mass is 255 g/mol. The number of carboxylic acid groups (broad SMARTS) is 1. The van der Waals surface area contributed by atoms with Gasteiger partial charge in [0.05, 0.1) is 18.8 Å². The number of nitrogens with zero attached hydrogens (tertiary/aromatic N) is 1. The van der Waals surface area contributed by atoms with Crippen LogP contribution in [0.5, 0.6) is 0 Å². The Labute approximate surface area is 106 Å². The van der Waals surface area contributed by atoms with E-state index in [9.17, 15) is 9.18 Å². The Morgan fingerprint density at radius 1 is 1.28 bits per heavy atom. The van der Waals surface area contributed by atoms with Crippen molar-refractivity contribution < 1.29 is 19.0 Å². The summed E-state index contributed by atoms with van der Waals surface area (Å²) in [6, 6.07) is 3.85. The van der Waals surface area contributed by atoms with Gasteiger partial charge < -0.3 is 14.7 Å². The summed E-state index contributed by atoms with van der Waals surface area (Å²) < 4.78 is 18.4. The fourth-order valence-corrected chi connectivity index (χ4v) is 1.70. The lowest BCUT2D eigenvalue weighted by Crippen LogP contribution is -2.36. The van der Waals surface area contributed by atoms with Crippen molar-refractivity contribution in [1.29, 1.82) is 0 Å². The van der Waals surface area contributed by atoms with Crippen molar-refractivity contribution in [1.82, 2.24) is 0 Å². The molecule has 0 saturated carbocycles. The molecule has 18 heavy (non-hydrogen) atoms. The Morgan fingerprint density at radius 2 is 1.89 bits per heavy atom. The summed E-state index contributed by atoms with van der Waals surface area (Å²) in [5.41, 5.74) is 0.571. The van der Waals surface area contributed by atoms with Crippen molar-refractivity contribution in [3.63, 3.8) is 0 Å². The van der Waals surface area contributed by atoms with E-state index in [2.05, 4.69) is 0 Å². The standard InChI is InChI=1S/C11H12FNO3.C2H6/c12-9-5-8(11(14)15)6-10(7-9)13-1-3-16-4-2-13;1-2/h5-7H,1-4H2,(H,14,15);1-2H3. The van der Waals surface area contributed by atoms with Gasteiger partial charge in [0, 0.05) is 18.8 Å². The first-order chi connectivity index (χ1) is 8.66. The molecule has 0 spiro atoms. The summed E-state index contributed by atoms with van der Waals surface area (Å²) in [6.07, 6.45) is 0. The number of aromatic carboxylic acids is 1. The van der Waals surface area contributed by atoms with Gasteiger partial charge in [-0.3, -0.25) is 0 Å². The van der Waals surface area contributed by atoms with Gasteiger partial charge in [-0.2, -0.15) is 0 Å². The molecule has 0 unspecified atom stereocenters. The molecule has 0 radical (unpaired) electrons. The summed E-state index contributed by atoms with van der Waals surface area (Å²) >= 11 is 0. The van der Waals surface area contributed by atoms with Crippen LogP contribution in [0.3, 0.4) is 0 Å². The van der Waals surface area contributed by atoms with Crippen LogP contribution < -0.4 is 4.90 Å². The molecule has 0 bridgehead atoms. The number of hydrogen-bond donors (Lipinski definition) is 1. The molecule has 5 heteroatoms. The lowest BCUT2D eigenvalue weighted by Gasteiger charge is -2.29. The van der Waals surface area contributed by atoms with Crippen molar-refractivity contribution >= 4 is 11.7 Å². The van der Waals surface area contributed by atoms with Crippen molar-refractivity contribution in [2.75, 3.05) is 31.2 Å². The molecule has 1 saturated heterocycles. The van der Waals surface area contributed by atoms with Crippen molar-refractivity contribution in [3.8, 4) is 0 Å². The summed E-state index contributed by atoms with van der Waals surface area (Å²) in [7, 11) is 0. The van der Waals surface area contributed by atoms with Crippen LogP contribution in [0, 0.1) is 5.82 Å². The van der Waals surface area contributed by atoms with E-state index in [1.165, 1.54) is 12.1 Å². The van der Waals surface area contributed by atoms with Gasteiger partial charge in [0.15, 0.2) is 0 Å². The third-order valence-electron chi connectivity index (χ3n) is 2.51. The first-order valence-electron chi connectivity index (χ1n) is 6.03. The lowest BCUT2D eigenvalue weighted by atomic mass is 10.1. The Kier molecular flexibility index (Phi) is 5.58. The highest BCUT2D eigenvalue weighted by Gasteiger charge is 2.14. The number of morpholine rings is 1. The molecule has 4 nitrogen and oxygen atoms in total. The minimum atomic E-state index is -1.12. The summed E-state index contributed by atoms with van der Waals surface area (Å²) in [6.45, 7) is 6.48. The molecule has 1 fully saturated rings. The second kappa shape index (κ2) is 6.96. The number of benzene rings is 1. The van der Waals surface area contributed by atoms with Gasteiger partial charge in [-0.1, -0.05) is 13.8 Å². The lowest BCUT2D eigenvalue weighted by molar-refractivity contribution is 0.0696. The zero-order chi connectivity index (χ0) is 13.5. The number of rotatable bonds is 2. The minimum Gasteiger partial charge on any atom is -0.478 e. The summed E-state index contributed by atoms with van der Waals surface area (Å²) in [5, 5.41) is 8.82. The number of carboxylic acids is 1. The van der Waals surface area contributed by atoms with E-state index in [1.807, 2.05) is 18.7 Å². The van der Waals surface area contributed by atoms with Crippen LogP contribution in [-0.4, -0.2) is 37.4 Å². The number of ether oxygens (including phenoxy) is 1. The molecule has 1 aromatic rings. The zero-order valence-electron chi connectivity index (χ0n) is 10.6. The number of anilines is 1. The van der Waals surface area contributed by atoms with Crippen LogP contribution in [0.4, 0.5) is 10.1 Å². The van der Waals surface area contributed by atoms with Gasteiger partial charge in [0.1, 0.15) is 5.82 Å². The Bertz CT molecular complexity index is 403. The quantitative estimate of drug-likeness (QED) is 0.881. The van der Waals surface area contributed by atoms with Crippen LogP contribution in [0.2, 0.25) is 0 Å². The van der Waals surface area contributed by atoms with Gasteiger partial charge in [0.2, 0.25) is 0 Å². The highest BCUT2D eigenvalue weighted by molar-refractivity contribution is 5.88. The highest BCUT2D eigenvalue weighted by atomic mass is 19.1. The van der Waals surface area contributed by atoms with Crippen LogP contribution in [0.15, 0.2) is 18.2 Å². The van der Waals surface area contributed by atoms with Crippen LogP contribution >= 0.6 is 0 Å². The van der Waals surface area contributed by atoms with Crippen molar-refractivity contribution in [3.05, 3.63) is 29.6 Å². The Balaban J connectivity index is 0.000000771. The van der Waals surface area contributed by atoms with E-state index < -0.39 is 11.8 Å². The SMILES string of the molecule is CC.O=C(O)c1cc(F)cc(N2CCOCC2)c1. The fraction of sp³-hybridized carbons (Fsp3) is 0.462. The maximum absolute atomic E-state index is 13.2. The minimum absolute atomic E-state index is 0.0264. The van der Waals surface area contributed by atoms with Gasteiger partial charge in [-0.25, -0.2) is 9.18 Å². The normalized spacial score (nSPS) is 14.7. The average Bonchev–Trinajstić information content (AvgIpc) is 2.41. The van der Waals surface area contributed by atoms with E-state index in [0.29, 0.717) is 32.0 Å². The molecule has 1 heterocycles. The molecule has 100 valence electrons. The maximum Gasteiger partial charge on any atom is 0.335 e. The first-order valence-corrected chi connectivity index (χ1v) is 6.03. The number of hydrogen-bond acceptors (Lipinski definition) is 3. The van der Waals surface area contributed by atoms with Crippen molar-refractivity contribution in [2.45, 2.75) is 13.8 Å². The fourth-order valence-electron chi connectivity index (χ4n) is 1.70. The molecular weight excluding hydrogens is 237 g/mol. The topological polar surface area (TPSA) is 49.8 Å². The molecule has 1 aromatic carbocycles. The van der Waals surface area contributed by atoms with Gasteiger partial charge >= 0.3 is 5.97 Å². The molecule has 0 atom stereocenters. The van der Waals surface area contributed by atoms with E-state index in [0.717, 1.165) is 6.07 Å². The molecule has 1 aliphatic rings. The number of carbonyl (C=O) groups is 1. The molecule has 0 amide bonds. The van der Waals surface area contributed by atoms with Crippen LogP contribution in [0.25, 0.3) is 0 Å². The van der Waals surface area contributed by atoms with Crippen LogP contribution in [-0.2, 0) is 4.74 Å². The predicted octanol–water partition coefficient (Wildman–Crippen LogP) is 2.39. The second-order valence-electron chi connectivity index (χ2n) is 3.60. The summed E-state index contributed by atoms with van der Waals surface area (Å²) in [5.74, 6) is -1.64. The molecule has 2 rings (SSSR count). The van der Waals surface area contributed by atoms with E-state index in [4.69, 9.17) is 9.84 Å². The third-order valence-corrected chi connectivity index (χ3v) is 2.51. The second-order valence-corrected chi connectivity index (χ2v) is 3.60. The smallest absolute Gasteiger partial charge is 0.335 e. The van der Waals surface area contributed by atoms with Crippen molar-refractivity contribution in [2.24, 2.45) is 0 Å². The molecule has 0 aliphatic carbocycles. The van der Waals surface area contributed by atoms with E-state index in [1.54, 1.807) is 0 Å². The molecule has 1 N–H and O–H groups in total. The van der Waals surface area contributed by atoms with Gasteiger partial charge in [-0.05, 0) is 18.2 Å². The first kappa shape index (κ1) is 14.4. The Hall–Kier alpha value is -1.62. The maximum atomic E-state index is 13.2.